The third-order valence-corrected chi connectivity index (χ3v) is 4.40. The maximum atomic E-state index is 12.8. The number of benzene rings is 1. The number of hydrogen-bond donors (Lipinski definition) is 2. The summed E-state index contributed by atoms with van der Waals surface area (Å²) in [4.78, 5) is 13.7. The number of halogens is 1. The lowest BCUT2D eigenvalue weighted by atomic mass is 9.86. The van der Waals surface area contributed by atoms with Crippen LogP contribution in [-0.4, -0.2) is 48.9 Å². The minimum atomic E-state index is -0.293. The van der Waals surface area contributed by atoms with Gasteiger partial charge in [0.1, 0.15) is 11.6 Å². The molecule has 2 rings (SSSR count). The molecule has 0 aliphatic heterocycles. The minimum absolute atomic E-state index is 0.130. The molecule has 2 atom stereocenters. The Balaban J connectivity index is 1.59. The van der Waals surface area contributed by atoms with Gasteiger partial charge in [0, 0.05) is 26.1 Å². The number of hydrogen-bond acceptors (Lipinski definition) is 3. The monoisotopic (exact) mass is 338 g/mol. The minimum Gasteiger partial charge on any atom is -0.494 e. The zero-order valence-electron chi connectivity index (χ0n) is 14.2. The Morgan fingerprint density at radius 2 is 2.04 bits per heavy atom. The maximum Gasteiger partial charge on any atom is 0.317 e. The molecule has 5 nitrogen and oxygen atoms in total. The molecule has 0 spiro atoms. The van der Waals surface area contributed by atoms with Crippen molar-refractivity contribution in [3.63, 3.8) is 0 Å². The van der Waals surface area contributed by atoms with Crippen LogP contribution in [-0.2, 0) is 0 Å². The van der Waals surface area contributed by atoms with Crippen LogP contribution in [0.2, 0.25) is 0 Å². The number of urea groups is 1. The summed E-state index contributed by atoms with van der Waals surface area (Å²) in [6, 6.07) is 5.74. The highest BCUT2D eigenvalue weighted by atomic mass is 19.1. The summed E-state index contributed by atoms with van der Waals surface area (Å²) in [6.45, 7) is 1.55. The SMILES string of the molecule is CN(CC1CCCCC1O)C(=O)NCCCOc1ccc(F)cc1. The van der Waals surface area contributed by atoms with E-state index in [9.17, 15) is 14.3 Å². The third kappa shape index (κ3) is 6.00. The van der Waals surface area contributed by atoms with Crippen LogP contribution in [0.25, 0.3) is 0 Å². The summed E-state index contributed by atoms with van der Waals surface area (Å²) in [7, 11) is 1.76. The fourth-order valence-electron chi connectivity index (χ4n) is 2.96. The van der Waals surface area contributed by atoms with Crippen molar-refractivity contribution in [2.75, 3.05) is 26.7 Å². The average molecular weight is 338 g/mol. The highest BCUT2D eigenvalue weighted by molar-refractivity contribution is 5.73. The van der Waals surface area contributed by atoms with Gasteiger partial charge in [0.25, 0.3) is 0 Å². The number of carbonyl (C=O) groups excluding carboxylic acids is 1. The first-order valence-corrected chi connectivity index (χ1v) is 8.61. The highest BCUT2D eigenvalue weighted by Crippen LogP contribution is 2.24. The van der Waals surface area contributed by atoms with Crippen molar-refractivity contribution in [3.8, 4) is 5.75 Å². The van der Waals surface area contributed by atoms with Crippen LogP contribution in [0, 0.1) is 11.7 Å². The van der Waals surface area contributed by atoms with E-state index in [4.69, 9.17) is 4.74 Å². The van der Waals surface area contributed by atoms with Gasteiger partial charge in [0.15, 0.2) is 0 Å². The predicted octanol–water partition coefficient (Wildman–Crippen LogP) is 2.79. The number of nitrogens with one attached hydrogen (secondary N) is 1. The van der Waals surface area contributed by atoms with E-state index in [2.05, 4.69) is 5.32 Å². The first-order valence-electron chi connectivity index (χ1n) is 8.61. The largest absolute Gasteiger partial charge is 0.494 e. The molecule has 2 N–H and O–H groups in total. The van der Waals surface area contributed by atoms with E-state index in [-0.39, 0.29) is 23.9 Å². The molecule has 0 radical (unpaired) electrons. The van der Waals surface area contributed by atoms with Crippen molar-refractivity contribution in [3.05, 3.63) is 30.1 Å². The lowest BCUT2D eigenvalue weighted by Crippen LogP contribution is -2.43. The van der Waals surface area contributed by atoms with Gasteiger partial charge in [-0.05, 0) is 43.5 Å². The van der Waals surface area contributed by atoms with Gasteiger partial charge in [-0.2, -0.15) is 0 Å². The van der Waals surface area contributed by atoms with E-state index in [0.717, 1.165) is 25.7 Å². The molecular weight excluding hydrogens is 311 g/mol. The van der Waals surface area contributed by atoms with Gasteiger partial charge < -0.3 is 20.1 Å². The lowest BCUT2D eigenvalue weighted by Gasteiger charge is -2.31. The van der Waals surface area contributed by atoms with Crippen molar-refractivity contribution in [2.45, 2.75) is 38.2 Å². The Morgan fingerprint density at radius 1 is 1.33 bits per heavy atom. The number of aliphatic hydroxyl groups is 1. The molecular formula is C18H27FN2O3. The van der Waals surface area contributed by atoms with Gasteiger partial charge in [0.05, 0.1) is 12.7 Å². The molecule has 0 bridgehead atoms. The topological polar surface area (TPSA) is 61.8 Å². The fourth-order valence-corrected chi connectivity index (χ4v) is 2.96. The highest BCUT2D eigenvalue weighted by Gasteiger charge is 2.25. The second-order valence-corrected chi connectivity index (χ2v) is 6.38. The summed E-state index contributed by atoms with van der Waals surface area (Å²) in [5, 5.41) is 12.8. The Morgan fingerprint density at radius 3 is 2.75 bits per heavy atom. The molecule has 0 aromatic heterocycles. The zero-order valence-corrected chi connectivity index (χ0v) is 14.2. The molecule has 24 heavy (non-hydrogen) atoms. The van der Waals surface area contributed by atoms with Crippen LogP contribution < -0.4 is 10.1 Å². The van der Waals surface area contributed by atoms with Crippen LogP contribution in [0.4, 0.5) is 9.18 Å². The summed E-state index contributed by atoms with van der Waals surface area (Å²) >= 11 is 0. The predicted molar refractivity (Wildman–Crippen MR) is 90.5 cm³/mol. The van der Waals surface area contributed by atoms with E-state index in [0.29, 0.717) is 31.9 Å². The molecule has 1 saturated carbocycles. The number of amides is 2. The van der Waals surface area contributed by atoms with Crippen molar-refractivity contribution < 1.29 is 19.0 Å². The lowest BCUT2D eigenvalue weighted by molar-refractivity contribution is 0.0565. The Kier molecular flexibility index (Phi) is 7.31. The summed E-state index contributed by atoms with van der Waals surface area (Å²) in [5.41, 5.74) is 0. The fraction of sp³-hybridized carbons (Fsp3) is 0.611. The molecule has 1 aliphatic rings. The molecule has 0 heterocycles. The summed E-state index contributed by atoms with van der Waals surface area (Å²) < 4.78 is 18.2. The van der Waals surface area contributed by atoms with E-state index in [1.165, 1.54) is 12.1 Å². The average Bonchev–Trinajstić information content (AvgIpc) is 2.58. The second-order valence-electron chi connectivity index (χ2n) is 6.38. The van der Waals surface area contributed by atoms with Crippen LogP contribution in [0.15, 0.2) is 24.3 Å². The molecule has 134 valence electrons. The first-order chi connectivity index (χ1) is 11.6. The van der Waals surface area contributed by atoms with Gasteiger partial charge >= 0.3 is 6.03 Å². The summed E-state index contributed by atoms with van der Waals surface area (Å²) in [5.74, 6) is 0.503. The second kappa shape index (κ2) is 9.47. The Labute approximate surface area is 142 Å². The van der Waals surface area contributed by atoms with Crippen molar-refractivity contribution in [1.82, 2.24) is 10.2 Å². The van der Waals surface area contributed by atoms with Gasteiger partial charge in [-0.15, -0.1) is 0 Å². The molecule has 1 aromatic rings. The van der Waals surface area contributed by atoms with Gasteiger partial charge in [0.2, 0.25) is 0 Å². The smallest absolute Gasteiger partial charge is 0.317 e. The van der Waals surface area contributed by atoms with Crippen molar-refractivity contribution in [2.24, 2.45) is 5.92 Å². The van der Waals surface area contributed by atoms with Crippen LogP contribution in [0.3, 0.4) is 0 Å². The van der Waals surface area contributed by atoms with E-state index in [1.807, 2.05) is 0 Å². The normalized spacial score (nSPS) is 20.5. The molecule has 1 aromatic carbocycles. The van der Waals surface area contributed by atoms with Crippen LogP contribution in [0.1, 0.15) is 32.1 Å². The Hall–Kier alpha value is -1.82. The Bertz CT molecular complexity index is 509. The van der Waals surface area contributed by atoms with E-state index in [1.54, 1.807) is 24.1 Å². The maximum absolute atomic E-state index is 12.8. The van der Waals surface area contributed by atoms with Crippen molar-refractivity contribution >= 4 is 6.03 Å². The number of carbonyl (C=O) groups is 1. The zero-order chi connectivity index (χ0) is 17.4. The molecule has 2 unspecified atom stereocenters. The van der Waals surface area contributed by atoms with Gasteiger partial charge in [-0.3, -0.25) is 0 Å². The number of rotatable bonds is 7. The van der Waals surface area contributed by atoms with Gasteiger partial charge in [-0.1, -0.05) is 12.8 Å². The number of ether oxygens (including phenoxy) is 1. The molecule has 0 saturated heterocycles. The van der Waals surface area contributed by atoms with Crippen LogP contribution in [0.5, 0.6) is 5.75 Å². The molecule has 1 aliphatic carbocycles. The molecule has 1 fully saturated rings. The molecule has 2 amide bonds. The van der Waals surface area contributed by atoms with E-state index < -0.39 is 0 Å². The summed E-state index contributed by atoms with van der Waals surface area (Å²) in [6.07, 6.45) is 4.38. The number of nitrogens with zero attached hydrogens (tertiary/aromatic N) is 1. The number of aliphatic hydroxyl groups excluding tert-OH is 1. The molecule has 6 heteroatoms. The van der Waals surface area contributed by atoms with Gasteiger partial charge in [-0.25, -0.2) is 9.18 Å². The quantitative estimate of drug-likeness (QED) is 0.752. The first kappa shape index (κ1) is 18.5. The van der Waals surface area contributed by atoms with Crippen LogP contribution >= 0.6 is 0 Å². The standard InChI is InChI=1S/C18H27FN2O3/c1-21(13-14-5-2-3-6-17(14)22)18(23)20-11-4-12-24-16-9-7-15(19)8-10-16/h7-10,14,17,22H,2-6,11-13H2,1H3,(H,20,23). The van der Waals surface area contributed by atoms with E-state index >= 15 is 0 Å². The third-order valence-electron chi connectivity index (χ3n) is 4.40. The van der Waals surface area contributed by atoms with Crippen molar-refractivity contribution in [1.29, 1.82) is 0 Å².